The number of hydrogen-bond donors (Lipinski definition) is 3. The van der Waals surface area contributed by atoms with Crippen LogP contribution in [0.25, 0.3) is 0 Å². The third-order valence-electron chi connectivity index (χ3n) is 16.2. The van der Waals surface area contributed by atoms with Gasteiger partial charge in [0.15, 0.2) is 12.2 Å². The molecular formula is C66H128O17P2. The Morgan fingerprint density at radius 1 is 0.329 bits per heavy atom. The van der Waals surface area contributed by atoms with E-state index >= 15 is 0 Å². The first kappa shape index (κ1) is 83.1. The van der Waals surface area contributed by atoms with Crippen LogP contribution < -0.4 is 0 Å². The fourth-order valence-corrected chi connectivity index (χ4v) is 11.3. The van der Waals surface area contributed by atoms with E-state index in [4.69, 9.17) is 37.0 Å². The second-order valence-electron chi connectivity index (χ2n) is 24.6. The number of hydrogen-bond acceptors (Lipinski definition) is 15. The van der Waals surface area contributed by atoms with E-state index < -0.39 is 97.5 Å². The number of unbranched alkanes of at least 4 members (excludes halogenated alkanes) is 29. The molecule has 0 heterocycles. The molecule has 0 aliphatic rings. The minimum Gasteiger partial charge on any atom is -0.462 e. The number of carbonyl (C=O) groups excluding carboxylic acids is 4. The maximum Gasteiger partial charge on any atom is 0.472 e. The number of rotatable bonds is 64. The Hall–Kier alpha value is -1.94. The predicted octanol–water partition coefficient (Wildman–Crippen LogP) is 18.3. The minimum absolute atomic E-state index is 0.102. The van der Waals surface area contributed by atoms with Crippen LogP contribution in [0, 0.1) is 17.8 Å². The molecule has 0 fully saturated rings. The van der Waals surface area contributed by atoms with Crippen LogP contribution in [0.4, 0.5) is 0 Å². The quantitative estimate of drug-likeness (QED) is 0.0222. The highest BCUT2D eigenvalue weighted by molar-refractivity contribution is 7.47. The van der Waals surface area contributed by atoms with Crippen molar-refractivity contribution >= 4 is 39.5 Å². The van der Waals surface area contributed by atoms with Crippen LogP contribution in [0.2, 0.25) is 0 Å². The van der Waals surface area contributed by atoms with Crippen molar-refractivity contribution in [2.45, 2.75) is 343 Å². The molecule has 0 aliphatic carbocycles. The van der Waals surface area contributed by atoms with Gasteiger partial charge in [0.2, 0.25) is 0 Å². The van der Waals surface area contributed by atoms with E-state index in [1.165, 1.54) is 122 Å². The molecule has 0 saturated heterocycles. The Kier molecular flexibility index (Phi) is 55.9. The van der Waals surface area contributed by atoms with Crippen molar-refractivity contribution < 1.29 is 80.2 Å². The average molecular weight is 1260 g/mol. The molecule has 8 atom stereocenters. The molecule has 0 bridgehead atoms. The lowest BCUT2D eigenvalue weighted by atomic mass is 10.00. The highest BCUT2D eigenvalue weighted by Gasteiger charge is 2.30. The van der Waals surface area contributed by atoms with Crippen molar-refractivity contribution in [2.24, 2.45) is 17.8 Å². The normalized spacial score (nSPS) is 15.3. The van der Waals surface area contributed by atoms with Crippen LogP contribution in [0.5, 0.6) is 0 Å². The van der Waals surface area contributed by atoms with Crippen LogP contribution in [0.1, 0.15) is 325 Å². The number of aliphatic hydroxyl groups excluding tert-OH is 1. The lowest BCUT2D eigenvalue weighted by Gasteiger charge is -2.21. The monoisotopic (exact) mass is 1250 g/mol. The van der Waals surface area contributed by atoms with Crippen molar-refractivity contribution in [1.82, 2.24) is 0 Å². The summed E-state index contributed by atoms with van der Waals surface area (Å²) in [7, 11) is -9.89. The van der Waals surface area contributed by atoms with E-state index in [0.29, 0.717) is 25.7 Å². The first-order chi connectivity index (χ1) is 40.8. The number of esters is 4. The van der Waals surface area contributed by atoms with Gasteiger partial charge >= 0.3 is 39.5 Å². The van der Waals surface area contributed by atoms with Gasteiger partial charge in [-0.05, 0) is 43.4 Å². The molecule has 3 N–H and O–H groups in total. The first-order valence-corrected chi connectivity index (χ1v) is 37.5. The zero-order valence-corrected chi connectivity index (χ0v) is 56.9. The Bertz CT molecular complexity index is 1690. The van der Waals surface area contributed by atoms with Crippen molar-refractivity contribution in [3.63, 3.8) is 0 Å². The second-order valence-corrected chi connectivity index (χ2v) is 27.5. The maximum atomic E-state index is 13.0. The van der Waals surface area contributed by atoms with Gasteiger partial charge in [-0.25, -0.2) is 9.13 Å². The van der Waals surface area contributed by atoms with E-state index in [1.807, 2.05) is 0 Å². The van der Waals surface area contributed by atoms with Crippen LogP contribution in [-0.4, -0.2) is 96.7 Å². The summed E-state index contributed by atoms with van der Waals surface area (Å²) in [6, 6.07) is 0. The van der Waals surface area contributed by atoms with Crippen molar-refractivity contribution in [3.8, 4) is 0 Å². The largest absolute Gasteiger partial charge is 0.472 e. The molecule has 0 aliphatic heterocycles. The number of carbonyl (C=O) groups is 4. The van der Waals surface area contributed by atoms with Crippen molar-refractivity contribution in [3.05, 3.63) is 0 Å². The smallest absolute Gasteiger partial charge is 0.462 e. The Balaban J connectivity index is 5.25. The Morgan fingerprint density at radius 3 is 0.835 bits per heavy atom. The maximum absolute atomic E-state index is 13.0. The fraction of sp³-hybridized carbons (Fsp3) is 0.939. The molecule has 0 radical (unpaired) electrons. The topological polar surface area (TPSA) is 237 Å². The summed E-state index contributed by atoms with van der Waals surface area (Å²) in [4.78, 5) is 72.3. The van der Waals surface area contributed by atoms with E-state index in [0.717, 1.165) is 120 Å². The van der Waals surface area contributed by atoms with Gasteiger partial charge in [-0.1, -0.05) is 273 Å². The van der Waals surface area contributed by atoms with Gasteiger partial charge in [0.25, 0.3) is 0 Å². The molecule has 0 aromatic heterocycles. The molecule has 17 nitrogen and oxygen atoms in total. The lowest BCUT2D eigenvalue weighted by Crippen LogP contribution is -2.30. The fourth-order valence-electron chi connectivity index (χ4n) is 9.74. The highest BCUT2D eigenvalue weighted by atomic mass is 31.2. The van der Waals surface area contributed by atoms with Gasteiger partial charge in [-0.15, -0.1) is 0 Å². The molecule has 19 heteroatoms. The molecule has 0 amide bonds. The number of ether oxygens (including phenoxy) is 4. The van der Waals surface area contributed by atoms with Gasteiger partial charge in [0.1, 0.15) is 19.3 Å². The molecule has 0 spiro atoms. The first-order valence-electron chi connectivity index (χ1n) is 34.5. The zero-order chi connectivity index (χ0) is 63.1. The lowest BCUT2D eigenvalue weighted by molar-refractivity contribution is -0.161. The van der Waals surface area contributed by atoms with Crippen LogP contribution in [0.15, 0.2) is 0 Å². The third kappa shape index (κ3) is 57.0. The van der Waals surface area contributed by atoms with Gasteiger partial charge in [0.05, 0.1) is 26.4 Å². The molecule has 5 unspecified atom stereocenters. The number of phosphoric acid groups is 2. The van der Waals surface area contributed by atoms with E-state index in [2.05, 4.69) is 48.5 Å². The summed E-state index contributed by atoms with van der Waals surface area (Å²) in [5.74, 6) is 0.0455. The van der Waals surface area contributed by atoms with E-state index in [9.17, 15) is 43.2 Å². The molecular weight excluding hydrogens is 1130 g/mol. The molecule has 0 rings (SSSR count). The summed E-state index contributed by atoms with van der Waals surface area (Å²) in [5, 5.41) is 10.5. The number of aliphatic hydroxyl groups is 1. The zero-order valence-electron chi connectivity index (χ0n) is 55.1. The second kappa shape index (κ2) is 57.2. The molecule has 0 aromatic rings. The van der Waals surface area contributed by atoms with Crippen molar-refractivity contribution in [2.75, 3.05) is 39.6 Å². The summed E-state index contributed by atoms with van der Waals surface area (Å²) < 4.78 is 68.1. The predicted molar refractivity (Wildman–Crippen MR) is 340 cm³/mol. The van der Waals surface area contributed by atoms with Crippen LogP contribution >= 0.6 is 15.6 Å². The summed E-state index contributed by atoms with van der Waals surface area (Å²) in [5.41, 5.74) is 0. The van der Waals surface area contributed by atoms with Gasteiger partial charge in [-0.2, -0.15) is 0 Å². The Labute approximate surface area is 517 Å². The molecule has 0 aromatic carbocycles. The standard InChI is InChI=1S/C66H128O17P2/c1-8-12-13-14-15-16-17-18-19-20-21-22-23-35-42-49-65(70)82-61(53-76-63(68)47-40-33-27-24-30-37-44-57(5)9-2)55-80-84(72,73)78-51-60(67)52-79-85(74,75)81-56-62(83-66(71)50-43-36-29-26-32-39-46-59(7)11-4)54-77-64(69)48-41-34-28-25-31-38-45-58(6)10-3/h57-62,67H,8-56H2,1-7H3,(H,72,73)(H,74,75)/t57?,58?,59?,60-,61-,62-/m1/s1. The number of phosphoric ester groups is 2. The van der Waals surface area contributed by atoms with Gasteiger partial charge in [-0.3, -0.25) is 37.3 Å². The third-order valence-corrected chi connectivity index (χ3v) is 18.1. The van der Waals surface area contributed by atoms with Gasteiger partial charge < -0.3 is 33.8 Å². The molecule has 0 saturated carbocycles. The Morgan fingerprint density at radius 2 is 0.565 bits per heavy atom. The summed E-state index contributed by atoms with van der Waals surface area (Å²) >= 11 is 0. The molecule has 504 valence electrons. The van der Waals surface area contributed by atoms with Crippen molar-refractivity contribution in [1.29, 1.82) is 0 Å². The summed E-state index contributed by atoms with van der Waals surface area (Å²) in [6.07, 6.45) is 39.0. The SMILES string of the molecule is CCCCCCCCCCCCCCCCCC(=O)O[C@H](COC(=O)CCCCCCCCC(C)CC)COP(=O)(O)OC[C@@H](O)COP(=O)(O)OC[C@@H](COC(=O)CCCCCCCCC(C)CC)OC(=O)CCCCCCCCC(C)CC. The summed E-state index contributed by atoms with van der Waals surface area (Å²) in [6.45, 7) is 11.7. The minimum atomic E-state index is -4.95. The van der Waals surface area contributed by atoms with E-state index in [1.54, 1.807) is 0 Å². The average Bonchev–Trinajstić information content (AvgIpc) is 3.57. The highest BCUT2D eigenvalue weighted by Crippen LogP contribution is 2.45. The van der Waals surface area contributed by atoms with Crippen LogP contribution in [0.3, 0.4) is 0 Å². The van der Waals surface area contributed by atoms with Gasteiger partial charge in [0, 0.05) is 25.7 Å². The molecule has 85 heavy (non-hydrogen) atoms. The van der Waals surface area contributed by atoms with E-state index in [-0.39, 0.29) is 25.7 Å². The van der Waals surface area contributed by atoms with Crippen LogP contribution in [-0.2, 0) is 65.4 Å².